The Hall–Kier alpha value is -1.38. The first-order valence-corrected chi connectivity index (χ1v) is 10.9. The van der Waals surface area contributed by atoms with Crippen molar-refractivity contribution in [2.75, 3.05) is 0 Å². The molecule has 2 aromatic rings. The third kappa shape index (κ3) is 4.70. The van der Waals surface area contributed by atoms with E-state index in [1.54, 1.807) is 12.1 Å². The maximum atomic E-state index is 15.0. The Bertz CT molecular complexity index is 882. The molecule has 156 valence electrons. The molecule has 1 atom stereocenters. The van der Waals surface area contributed by atoms with Crippen LogP contribution in [-0.2, 0) is 20.7 Å². The minimum absolute atomic E-state index is 0.316. The summed E-state index contributed by atoms with van der Waals surface area (Å²) in [5, 5.41) is 0. The van der Waals surface area contributed by atoms with E-state index >= 15 is 4.39 Å². The molecule has 0 spiro atoms. The SMILES string of the molecule is CC(C)(C)N[S+]([O-])c1ccccc1-c1ccc(B2OC(C)(C)C(C)(C)O2)c(F)c1. The molecule has 1 unspecified atom stereocenters. The highest BCUT2D eigenvalue weighted by Gasteiger charge is 2.52. The molecule has 1 saturated heterocycles. The lowest BCUT2D eigenvalue weighted by Gasteiger charge is -2.32. The zero-order chi connectivity index (χ0) is 21.6. The minimum Gasteiger partial charge on any atom is -0.593 e. The van der Waals surface area contributed by atoms with Crippen LogP contribution in [0.25, 0.3) is 11.1 Å². The standard InChI is InChI=1S/C22H29BFNO3S/c1-20(2,3)25-29(26)19-11-9-8-10-16(19)15-12-13-17(18(24)14-15)23-27-21(4,5)22(6,7)28-23/h8-14,25H,1-7H3. The molecule has 2 aromatic carbocycles. The van der Waals surface area contributed by atoms with Crippen LogP contribution in [0, 0.1) is 5.82 Å². The zero-order valence-corrected chi connectivity index (χ0v) is 18.9. The van der Waals surface area contributed by atoms with Crippen molar-refractivity contribution in [2.24, 2.45) is 0 Å². The smallest absolute Gasteiger partial charge is 0.497 e. The number of nitrogens with one attached hydrogen (secondary N) is 1. The molecule has 29 heavy (non-hydrogen) atoms. The van der Waals surface area contributed by atoms with Gasteiger partial charge in [-0.1, -0.05) is 24.3 Å². The molecule has 4 nitrogen and oxygen atoms in total. The molecular formula is C22H29BFNO3S. The average molecular weight is 417 g/mol. The van der Waals surface area contributed by atoms with E-state index in [0.717, 1.165) is 5.56 Å². The predicted molar refractivity (Wildman–Crippen MR) is 117 cm³/mol. The molecule has 7 heteroatoms. The van der Waals surface area contributed by atoms with E-state index in [2.05, 4.69) is 4.72 Å². The second kappa shape index (κ2) is 7.71. The summed E-state index contributed by atoms with van der Waals surface area (Å²) < 4.78 is 42.9. The first-order chi connectivity index (χ1) is 13.3. The van der Waals surface area contributed by atoms with Crippen LogP contribution in [0.4, 0.5) is 4.39 Å². The number of hydrogen-bond donors (Lipinski definition) is 1. The van der Waals surface area contributed by atoms with Gasteiger partial charge >= 0.3 is 7.12 Å². The van der Waals surface area contributed by atoms with Crippen molar-refractivity contribution in [3.05, 3.63) is 48.3 Å². The molecule has 1 heterocycles. The monoisotopic (exact) mass is 417 g/mol. The Morgan fingerprint density at radius 2 is 1.59 bits per heavy atom. The van der Waals surface area contributed by atoms with E-state index in [4.69, 9.17) is 9.31 Å². The van der Waals surface area contributed by atoms with Gasteiger partial charge in [0, 0.05) is 11.0 Å². The molecule has 0 aliphatic carbocycles. The maximum absolute atomic E-state index is 15.0. The summed E-state index contributed by atoms with van der Waals surface area (Å²) in [5.74, 6) is -0.412. The number of halogens is 1. The Labute approximate surface area is 176 Å². The number of hydrogen-bond acceptors (Lipinski definition) is 4. The topological polar surface area (TPSA) is 53.5 Å². The van der Waals surface area contributed by atoms with Crippen LogP contribution in [0.5, 0.6) is 0 Å². The van der Waals surface area contributed by atoms with Crippen LogP contribution in [0.2, 0.25) is 0 Å². The van der Waals surface area contributed by atoms with Gasteiger partial charge in [0.05, 0.1) is 28.1 Å². The van der Waals surface area contributed by atoms with Gasteiger partial charge in [-0.15, -0.1) is 4.72 Å². The highest BCUT2D eigenvalue weighted by Crippen LogP contribution is 2.37. The molecular weight excluding hydrogens is 388 g/mol. The highest BCUT2D eigenvalue weighted by atomic mass is 32.2. The Balaban J connectivity index is 1.93. The van der Waals surface area contributed by atoms with Gasteiger partial charge < -0.3 is 13.9 Å². The summed E-state index contributed by atoms with van der Waals surface area (Å²) in [5.41, 5.74) is 0.350. The van der Waals surface area contributed by atoms with Gasteiger partial charge in [0.2, 0.25) is 0 Å². The van der Waals surface area contributed by atoms with Crippen molar-refractivity contribution in [3.63, 3.8) is 0 Å². The first kappa shape index (κ1) is 22.3. The summed E-state index contributed by atoms with van der Waals surface area (Å²) in [6.45, 7) is 13.6. The third-order valence-electron chi connectivity index (χ3n) is 5.30. The van der Waals surface area contributed by atoms with Gasteiger partial charge in [-0.25, -0.2) is 4.39 Å². The normalized spacial score (nSPS) is 19.4. The van der Waals surface area contributed by atoms with E-state index in [-0.39, 0.29) is 5.54 Å². The quantitative estimate of drug-likeness (QED) is 0.599. The van der Waals surface area contributed by atoms with Crippen LogP contribution >= 0.6 is 0 Å². The van der Waals surface area contributed by atoms with E-state index in [9.17, 15) is 4.55 Å². The molecule has 0 bridgehead atoms. The molecule has 3 rings (SSSR count). The van der Waals surface area contributed by atoms with Crippen molar-refractivity contribution in [1.29, 1.82) is 0 Å². The minimum atomic E-state index is -1.42. The van der Waals surface area contributed by atoms with Crippen molar-refractivity contribution >= 4 is 23.9 Å². The molecule has 1 aliphatic heterocycles. The summed E-state index contributed by atoms with van der Waals surface area (Å²) in [6.07, 6.45) is 0. The second-order valence-corrected chi connectivity index (χ2v) is 10.6. The lowest BCUT2D eigenvalue weighted by atomic mass is 9.78. The van der Waals surface area contributed by atoms with Crippen LogP contribution in [0.3, 0.4) is 0 Å². The lowest BCUT2D eigenvalue weighted by molar-refractivity contribution is 0.00578. The lowest BCUT2D eigenvalue weighted by Crippen LogP contribution is -2.41. The van der Waals surface area contributed by atoms with Crippen LogP contribution < -0.4 is 10.2 Å². The average Bonchev–Trinajstić information content (AvgIpc) is 2.80. The Kier molecular flexibility index (Phi) is 5.93. The predicted octanol–water partition coefficient (Wildman–Crippen LogP) is 4.20. The highest BCUT2D eigenvalue weighted by molar-refractivity contribution is 7.89. The Morgan fingerprint density at radius 3 is 2.14 bits per heavy atom. The summed E-state index contributed by atoms with van der Waals surface area (Å²) in [6, 6.07) is 12.3. The second-order valence-electron chi connectivity index (χ2n) is 9.44. The first-order valence-electron chi connectivity index (χ1n) is 9.75. The zero-order valence-electron chi connectivity index (χ0n) is 18.1. The van der Waals surface area contributed by atoms with Gasteiger partial charge in [-0.2, -0.15) is 0 Å². The fourth-order valence-corrected chi connectivity index (χ4v) is 4.31. The molecule has 1 fully saturated rings. The van der Waals surface area contributed by atoms with Gasteiger partial charge in [0.25, 0.3) is 0 Å². The third-order valence-corrected chi connectivity index (χ3v) is 6.86. The fraction of sp³-hybridized carbons (Fsp3) is 0.455. The van der Waals surface area contributed by atoms with Crippen molar-refractivity contribution in [1.82, 2.24) is 4.72 Å². The fourth-order valence-electron chi connectivity index (χ4n) is 3.06. The molecule has 0 amide bonds. The van der Waals surface area contributed by atoms with E-state index in [1.807, 2.05) is 72.7 Å². The number of rotatable bonds is 4. The summed E-state index contributed by atoms with van der Waals surface area (Å²) >= 11 is -1.42. The van der Waals surface area contributed by atoms with Gasteiger partial charge in [0.1, 0.15) is 5.82 Å². The molecule has 0 saturated carbocycles. The summed E-state index contributed by atoms with van der Waals surface area (Å²) in [7, 11) is -0.763. The molecule has 0 aromatic heterocycles. The largest absolute Gasteiger partial charge is 0.593 e. The Morgan fingerprint density at radius 1 is 1.00 bits per heavy atom. The molecule has 1 aliphatic rings. The molecule has 0 radical (unpaired) electrons. The van der Waals surface area contributed by atoms with Crippen LogP contribution in [0.15, 0.2) is 47.4 Å². The van der Waals surface area contributed by atoms with E-state index < -0.39 is 35.5 Å². The van der Waals surface area contributed by atoms with Crippen molar-refractivity contribution < 1.29 is 18.3 Å². The van der Waals surface area contributed by atoms with Gasteiger partial charge in [-0.05, 0) is 72.2 Å². The summed E-state index contributed by atoms with van der Waals surface area (Å²) in [4.78, 5) is 0.616. The van der Waals surface area contributed by atoms with Crippen LogP contribution in [0.1, 0.15) is 48.5 Å². The number of benzene rings is 2. The van der Waals surface area contributed by atoms with Crippen molar-refractivity contribution in [3.8, 4) is 11.1 Å². The maximum Gasteiger partial charge on any atom is 0.497 e. The van der Waals surface area contributed by atoms with Crippen LogP contribution in [-0.4, -0.2) is 28.4 Å². The van der Waals surface area contributed by atoms with E-state index in [1.165, 1.54) is 6.07 Å². The van der Waals surface area contributed by atoms with Gasteiger partial charge in [-0.3, -0.25) is 0 Å². The molecule has 1 N–H and O–H groups in total. The van der Waals surface area contributed by atoms with Gasteiger partial charge in [0.15, 0.2) is 4.90 Å². The van der Waals surface area contributed by atoms with E-state index in [0.29, 0.717) is 15.9 Å². The van der Waals surface area contributed by atoms with Crippen molar-refractivity contribution in [2.45, 2.75) is 70.1 Å².